The first-order valence-corrected chi connectivity index (χ1v) is 10.7. The molecule has 0 unspecified atom stereocenters. The van der Waals surface area contributed by atoms with Crippen molar-refractivity contribution >= 4 is 24.4 Å². The average Bonchev–Trinajstić information content (AvgIpc) is 2.81. The van der Waals surface area contributed by atoms with Gasteiger partial charge in [-0.1, -0.05) is 31.7 Å². The molecule has 0 bridgehead atoms. The lowest BCUT2D eigenvalue weighted by atomic mass is 9.94. The maximum atomic E-state index is 12.0. The zero-order valence-electron chi connectivity index (χ0n) is 18.5. The van der Waals surface area contributed by atoms with Gasteiger partial charge in [-0.05, 0) is 61.7 Å². The highest BCUT2D eigenvalue weighted by Crippen LogP contribution is 2.39. The van der Waals surface area contributed by atoms with Crippen LogP contribution in [0.3, 0.4) is 0 Å². The Balaban J connectivity index is 2.00. The van der Waals surface area contributed by atoms with Crippen LogP contribution in [-0.2, 0) is 16.1 Å². The summed E-state index contributed by atoms with van der Waals surface area (Å²) in [7, 11) is 1.56. The van der Waals surface area contributed by atoms with Gasteiger partial charge in [0.1, 0.15) is 17.2 Å². The molecule has 2 aromatic carbocycles. The molecular weight excluding hydrogens is 406 g/mol. The highest BCUT2D eigenvalue weighted by molar-refractivity contribution is 6.04. The molecule has 1 aliphatic heterocycles. The Labute approximate surface area is 188 Å². The first-order valence-electron chi connectivity index (χ1n) is 10.7. The Morgan fingerprint density at radius 2 is 1.91 bits per heavy atom. The number of para-hydroxylation sites is 1. The van der Waals surface area contributed by atoms with Crippen molar-refractivity contribution in [2.45, 2.75) is 26.3 Å². The number of carbonyl (C=O) groups is 2. The minimum absolute atomic E-state index is 0.0402. The highest BCUT2D eigenvalue weighted by atomic mass is 16.5. The molecule has 0 atom stereocenters. The van der Waals surface area contributed by atoms with Crippen molar-refractivity contribution in [3.63, 3.8) is 0 Å². The molecule has 6 nitrogen and oxygen atoms in total. The van der Waals surface area contributed by atoms with E-state index >= 15 is 0 Å². The summed E-state index contributed by atoms with van der Waals surface area (Å²) in [5.74, 6) is 1.55. The first-order chi connectivity index (χ1) is 15.5. The SMILES string of the molecule is C=C(/C(C=O)=C/c1ccccc1OC)c1ccc(O)c(CN2CCC(C)CC2)c1OC=O. The number of benzene rings is 2. The van der Waals surface area contributed by atoms with Gasteiger partial charge < -0.3 is 14.6 Å². The standard InChI is InChI=1S/C26H29NO5/c1-18-10-12-27(13-11-18)15-23-24(30)9-8-22(26(23)32-17-29)19(2)21(16-28)14-20-6-4-5-7-25(20)31-3/h4-9,14,16-18,30H,2,10-13,15H2,1,3H3/b21-14+. The summed E-state index contributed by atoms with van der Waals surface area (Å²) in [5.41, 5.74) is 2.40. The molecule has 6 heteroatoms. The minimum atomic E-state index is 0.0402. The number of phenolic OH excluding ortho intramolecular Hbond substituents is 1. The summed E-state index contributed by atoms with van der Waals surface area (Å²) in [6.45, 7) is 8.89. The van der Waals surface area contributed by atoms with Crippen LogP contribution in [0.4, 0.5) is 0 Å². The zero-order chi connectivity index (χ0) is 23.1. The van der Waals surface area contributed by atoms with Gasteiger partial charge in [-0.15, -0.1) is 0 Å². The number of aldehydes is 1. The first kappa shape index (κ1) is 23.3. The number of piperidine rings is 1. The Hall–Kier alpha value is -3.38. The maximum Gasteiger partial charge on any atom is 0.298 e. The molecule has 0 saturated carbocycles. The fourth-order valence-corrected chi connectivity index (χ4v) is 3.94. The number of hydrogen-bond acceptors (Lipinski definition) is 6. The molecule has 2 aromatic rings. The Kier molecular flexibility index (Phi) is 7.84. The van der Waals surface area contributed by atoms with Crippen molar-refractivity contribution < 1.29 is 24.2 Å². The van der Waals surface area contributed by atoms with Crippen LogP contribution >= 0.6 is 0 Å². The van der Waals surface area contributed by atoms with E-state index in [2.05, 4.69) is 18.4 Å². The number of hydrogen-bond donors (Lipinski definition) is 1. The quantitative estimate of drug-likeness (QED) is 0.356. The van der Waals surface area contributed by atoms with E-state index in [9.17, 15) is 14.7 Å². The number of rotatable bonds is 9. The van der Waals surface area contributed by atoms with Gasteiger partial charge in [0.15, 0.2) is 6.29 Å². The molecule has 1 aliphatic rings. The second-order valence-electron chi connectivity index (χ2n) is 8.05. The number of allylic oxidation sites excluding steroid dienone is 2. The van der Waals surface area contributed by atoms with E-state index < -0.39 is 0 Å². The number of aromatic hydroxyl groups is 1. The van der Waals surface area contributed by atoms with Crippen LogP contribution in [0.25, 0.3) is 11.6 Å². The molecule has 32 heavy (non-hydrogen) atoms. The van der Waals surface area contributed by atoms with Crippen LogP contribution < -0.4 is 9.47 Å². The molecule has 1 fully saturated rings. The van der Waals surface area contributed by atoms with Crippen molar-refractivity contribution in [1.29, 1.82) is 0 Å². The molecule has 1 heterocycles. The summed E-state index contributed by atoms with van der Waals surface area (Å²) in [6.07, 6.45) is 4.54. The van der Waals surface area contributed by atoms with Gasteiger partial charge in [-0.25, -0.2) is 0 Å². The van der Waals surface area contributed by atoms with E-state index in [-0.39, 0.29) is 11.5 Å². The van der Waals surface area contributed by atoms with E-state index in [1.807, 2.05) is 18.2 Å². The molecule has 0 aliphatic carbocycles. The van der Waals surface area contributed by atoms with Crippen LogP contribution in [0.1, 0.15) is 36.5 Å². The van der Waals surface area contributed by atoms with E-state index in [4.69, 9.17) is 9.47 Å². The summed E-state index contributed by atoms with van der Waals surface area (Å²) in [4.78, 5) is 25.5. The van der Waals surface area contributed by atoms with Crippen molar-refractivity contribution in [3.05, 3.63) is 65.2 Å². The third-order valence-corrected chi connectivity index (χ3v) is 5.91. The van der Waals surface area contributed by atoms with Crippen molar-refractivity contribution in [2.24, 2.45) is 5.92 Å². The predicted octanol–water partition coefficient (Wildman–Crippen LogP) is 4.46. The topological polar surface area (TPSA) is 76.1 Å². The normalized spacial score (nSPS) is 15.2. The highest BCUT2D eigenvalue weighted by Gasteiger charge is 2.23. The summed E-state index contributed by atoms with van der Waals surface area (Å²) < 4.78 is 10.7. The second kappa shape index (κ2) is 10.8. The van der Waals surface area contributed by atoms with Gasteiger partial charge >= 0.3 is 0 Å². The molecule has 1 saturated heterocycles. The number of phenols is 1. The molecule has 1 N–H and O–H groups in total. The third-order valence-electron chi connectivity index (χ3n) is 5.91. The van der Waals surface area contributed by atoms with Gasteiger partial charge in [0.05, 0.1) is 12.7 Å². The zero-order valence-corrected chi connectivity index (χ0v) is 18.5. The molecule has 3 rings (SSSR count). The summed E-state index contributed by atoms with van der Waals surface area (Å²) in [6, 6.07) is 10.5. The lowest BCUT2D eigenvalue weighted by molar-refractivity contribution is -0.120. The lowest BCUT2D eigenvalue weighted by Gasteiger charge is -2.31. The molecule has 0 aromatic heterocycles. The van der Waals surface area contributed by atoms with Gasteiger partial charge in [0.2, 0.25) is 0 Å². The van der Waals surface area contributed by atoms with Crippen LogP contribution in [0.15, 0.2) is 48.6 Å². The largest absolute Gasteiger partial charge is 0.507 e. The molecular formula is C26H29NO5. The third kappa shape index (κ3) is 5.26. The predicted molar refractivity (Wildman–Crippen MR) is 125 cm³/mol. The number of methoxy groups -OCH3 is 1. The van der Waals surface area contributed by atoms with Crippen LogP contribution in [0, 0.1) is 5.92 Å². The van der Waals surface area contributed by atoms with Crippen LogP contribution in [0.2, 0.25) is 0 Å². The molecule has 0 amide bonds. The van der Waals surface area contributed by atoms with Crippen molar-refractivity contribution in [3.8, 4) is 17.2 Å². The number of ether oxygens (including phenoxy) is 2. The van der Waals surface area contributed by atoms with Crippen LogP contribution in [-0.4, -0.2) is 43.0 Å². The summed E-state index contributed by atoms with van der Waals surface area (Å²) in [5, 5.41) is 10.6. The molecule has 168 valence electrons. The fraction of sp³-hybridized carbons (Fsp3) is 0.308. The number of carbonyl (C=O) groups excluding carboxylic acids is 2. The molecule has 0 spiro atoms. The second-order valence-corrected chi connectivity index (χ2v) is 8.05. The van der Waals surface area contributed by atoms with Gasteiger partial charge in [0, 0.05) is 23.2 Å². The number of likely N-dealkylation sites (tertiary alicyclic amines) is 1. The average molecular weight is 436 g/mol. The van der Waals surface area contributed by atoms with E-state index in [0.29, 0.717) is 53.2 Å². The van der Waals surface area contributed by atoms with E-state index in [1.54, 1.807) is 31.4 Å². The van der Waals surface area contributed by atoms with E-state index in [1.165, 1.54) is 0 Å². The fourth-order valence-electron chi connectivity index (χ4n) is 3.94. The molecule has 0 radical (unpaired) electrons. The van der Waals surface area contributed by atoms with Gasteiger partial charge in [0.25, 0.3) is 6.47 Å². The van der Waals surface area contributed by atoms with Gasteiger partial charge in [-0.2, -0.15) is 0 Å². The maximum absolute atomic E-state index is 12.0. The van der Waals surface area contributed by atoms with Crippen molar-refractivity contribution in [1.82, 2.24) is 4.90 Å². The summed E-state index contributed by atoms with van der Waals surface area (Å²) >= 11 is 0. The number of nitrogens with zero attached hydrogens (tertiary/aromatic N) is 1. The lowest BCUT2D eigenvalue weighted by Crippen LogP contribution is -2.32. The minimum Gasteiger partial charge on any atom is -0.507 e. The Morgan fingerprint density at radius 3 is 2.56 bits per heavy atom. The smallest absolute Gasteiger partial charge is 0.298 e. The van der Waals surface area contributed by atoms with Crippen LogP contribution in [0.5, 0.6) is 17.2 Å². The van der Waals surface area contributed by atoms with Gasteiger partial charge in [-0.3, -0.25) is 14.5 Å². The Morgan fingerprint density at radius 1 is 1.19 bits per heavy atom. The monoisotopic (exact) mass is 435 g/mol. The van der Waals surface area contributed by atoms with Crippen molar-refractivity contribution in [2.75, 3.05) is 20.2 Å². The Bertz CT molecular complexity index is 1020. The van der Waals surface area contributed by atoms with E-state index in [0.717, 1.165) is 31.5 Å².